The highest BCUT2D eigenvalue weighted by Crippen LogP contribution is 2.57. The number of benzene rings is 8. The lowest BCUT2D eigenvalue weighted by molar-refractivity contribution is 0.0551. The molecule has 8 aromatic carbocycles. The molecule has 0 aliphatic heterocycles. The maximum Gasteiger partial charge on any atom is 0.419 e. The largest absolute Gasteiger partial charge is 0.443 e. The first-order valence-corrected chi connectivity index (χ1v) is 23.8. The molecule has 334 valence electrons. The van der Waals surface area contributed by atoms with Gasteiger partial charge < -0.3 is 4.74 Å². The molecule has 7 nitrogen and oxygen atoms in total. The van der Waals surface area contributed by atoms with Gasteiger partial charge in [-0.05, 0) is 107 Å². The van der Waals surface area contributed by atoms with Gasteiger partial charge in [0.15, 0.2) is 11.6 Å². The van der Waals surface area contributed by atoms with E-state index in [2.05, 4.69) is 166 Å². The number of hydrogen-bond acceptors (Lipinski definition) is 5. The highest BCUT2D eigenvalue weighted by molar-refractivity contribution is 6.19. The molecule has 11 aromatic rings. The topological polar surface area (TPSA) is 74.8 Å². The third-order valence-corrected chi connectivity index (χ3v) is 14.7. The highest BCUT2D eigenvalue weighted by Gasteiger charge is 2.41. The van der Waals surface area contributed by atoms with Gasteiger partial charge in [0.25, 0.3) is 0 Å². The number of carbonyl (C=O) groups is 1. The minimum absolute atomic E-state index is 0.263. The Morgan fingerprint density at radius 2 is 1.04 bits per heavy atom. The first kappa shape index (κ1) is 41.1. The smallest absolute Gasteiger partial charge is 0.419 e. The molecule has 0 N–H and O–H groups in total. The average Bonchev–Trinajstić information content (AvgIpc) is 4.01. The van der Waals surface area contributed by atoms with E-state index in [1.807, 2.05) is 57.2 Å². The van der Waals surface area contributed by atoms with Gasteiger partial charge in [0, 0.05) is 49.1 Å². The third-order valence-electron chi connectivity index (χ3n) is 14.7. The Balaban J connectivity index is 1.17. The number of nitrogens with zero attached hydrogens (tertiary/aromatic N) is 5. The van der Waals surface area contributed by atoms with Gasteiger partial charge in [-0.25, -0.2) is 14.3 Å². The van der Waals surface area contributed by atoms with Crippen molar-refractivity contribution >= 4 is 49.7 Å². The fourth-order valence-corrected chi connectivity index (χ4v) is 11.6. The Bertz CT molecular complexity index is 3920. The van der Waals surface area contributed by atoms with Crippen LogP contribution in [-0.2, 0) is 15.6 Å². The summed E-state index contributed by atoms with van der Waals surface area (Å²) in [5.41, 5.74) is 16.0. The summed E-state index contributed by atoms with van der Waals surface area (Å²) < 4.78 is 10.3. The van der Waals surface area contributed by atoms with Crippen LogP contribution >= 0.6 is 0 Å². The molecule has 0 saturated heterocycles. The molecule has 0 saturated carbocycles. The van der Waals surface area contributed by atoms with Crippen LogP contribution in [0.2, 0.25) is 0 Å². The number of ether oxygens (including phenoxy) is 1. The second-order valence-corrected chi connectivity index (χ2v) is 20.7. The zero-order chi connectivity index (χ0) is 47.1. The van der Waals surface area contributed by atoms with Gasteiger partial charge in [-0.15, -0.1) is 0 Å². The lowest BCUT2D eigenvalue weighted by Crippen LogP contribution is -2.27. The first-order chi connectivity index (χ1) is 33.3. The van der Waals surface area contributed by atoms with E-state index in [9.17, 15) is 4.79 Å². The van der Waals surface area contributed by atoms with Crippen LogP contribution in [0.1, 0.15) is 70.7 Å². The predicted molar refractivity (Wildman–Crippen MR) is 280 cm³/mol. The van der Waals surface area contributed by atoms with E-state index < -0.39 is 17.1 Å². The first-order valence-electron chi connectivity index (χ1n) is 23.8. The van der Waals surface area contributed by atoms with E-state index >= 15 is 0 Å². The zero-order valence-electron chi connectivity index (χ0n) is 39.7. The minimum Gasteiger partial charge on any atom is -0.443 e. The summed E-state index contributed by atoms with van der Waals surface area (Å²) in [7, 11) is 0. The number of rotatable bonds is 4. The Morgan fingerprint density at radius 3 is 1.71 bits per heavy atom. The van der Waals surface area contributed by atoms with Crippen molar-refractivity contribution in [3.63, 3.8) is 0 Å². The van der Waals surface area contributed by atoms with Crippen LogP contribution in [0.15, 0.2) is 170 Å². The van der Waals surface area contributed by atoms with E-state index in [0.717, 1.165) is 65.9 Å². The van der Waals surface area contributed by atoms with Gasteiger partial charge >= 0.3 is 6.09 Å². The molecule has 0 radical (unpaired) electrons. The van der Waals surface area contributed by atoms with E-state index in [1.165, 1.54) is 44.5 Å². The molecular formula is C62H49N5O2. The monoisotopic (exact) mass is 895 g/mol. The molecule has 0 fully saturated rings. The van der Waals surface area contributed by atoms with Crippen molar-refractivity contribution in [2.24, 2.45) is 0 Å². The van der Waals surface area contributed by atoms with Crippen LogP contribution in [0, 0.1) is 0 Å². The maximum atomic E-state index is 14.6. The predicted octanol–water partition coefficient (Wildman–Crippen LogP) is 15.5. The second-order valence-electron chi connectivity index (χ2n) is 20.7. The molecule has 0 amide bonds. The molecule has 2 aliphatic rings. The summed E-state index contributed by atoms with van der Waals surface area (Å²) in [6, 6.07) is 60.0. The van der Waals surface area contributed by atoms with Crippen molar-refractivity contribution in [1.82, 2.24) is 24.1 Å². The molecular weight excluding hydrogens is 847 g/mol. The molecule has 0 atom stereocenters. The van der Waals surface area contributed by atoms with Gasteiger partial charge in [-0.1, -0.05) is 161 Å². The van der Waals surface area contributed by atoms with Crippen molar-refractivity contribution < 1.29 is 9.53 Å². The van der Waals surface area contributed by atoms with Gasteiger partial charge in [0.2, 0.25) is 5.95 Å². The van der Waals surface area contributed by atoms with E-state index in [1.54, 1.807) is 4.57 Å². The summed E-state index contributed by atoms with van der Waals surface area (Å²) in [4.78, 5) is 30.4. The zero-order valence-corrected chi connectivity index (χ0v) is 39.7. The molecule has 69 heavy (non-hydrogen) atoms. The molecule has 0 unspecified atom stereocenters. The van der Waals surface area contributed by atoms with Crippen LogP contribution in [0.3, 0.4) is 0 Å². The van der Waals surface area contributed by atoms with Gasteiger partial charge in [0.05, 0.1) is 22.1 Å². The number of para-hydroxylation sites is 1. The Labute approximate surface area is 400 Å². The van der Waals surface area contributed by atoms with Crippen LogP contribution in [-0.4, -0.2) is 35.8 Å². The Hall–Kier alpha value is -8.16. The van der Waals surface area contributed by atoms with E-state index in [-0.39, 0.29) is 5.41 Å². The van der Waals surface area contributed by atoms with Gasteiger partial charge in [-0.3, -0.25) is 4.57 Å². The molecule has 7 heteroatoms. The Kier molecular flexibility index (Phi) is 8.58. The highest BCUT2D eigenvalue weighted by atomic mass is 16.6. The van der Waals surface area contributed by atoms with Crippen molar-refractivity contribution in [2.75, 3.05) is 0 Å². The third kappa shape index (κ3) is 5.99. The summed E-state index contributed by atoms with van der Waals surface area (Å²) in [5.74, 6) is 1.71. The van der Waals surface area contributed by atoms with Crippen LogP contribution in [0.4, 0.5) is 4.79 Å². The van der Waals surface area contributed by atoms with Crippen molar-refractivity contribution in [2.45, 2.75) is 64.9 Å². The van der Waals surface area contributed by atoms with Crippen molar-refractivity contribution in [3.05, 3.63) is 192 Å². The minimum atomic E-state index is -0.702. The molecule has 3 aromatic heterocycles. The fourth-order valence-electron chi connectivity index (χ4n) is 11.6. The van der Waals surface area contributed by atoms with E-state index in [4.69, 9.17) is 19.7 Å². The number of carbonyl (C=O) groups excluding carboxylic acids is 1. The van der Waals surface area contributed by atoms with Gasteiger partial charge in [0.1, 0.15) is 5.60 Å². The summed E-state index contributed by atoms with van der Waals surface area (Å²) >= 11 is 0. The number of aromatic nitrogens is 5. The van der Waals surface area contributed by atoms with Crippen molar-refractivity contribution in [1.29, 1.82) is 0 Å². The summed E-state index contributed by atoms with van der Waals surface area (Å²) in [6.07, 6.45) is -0.401. The SMILES string of the molecule is CC(C)(C)OC(=O)n1c2ccc(-c3c4c(cc5c6ccccc6n(-c6nc(-c7ccccc7)nc(-c7ccccc7)n6)c35)-c3ccccc3C4(C)C)cc2c2cc3c(cc21)C(C)(C)c1ccccc1-3. The lowest BCUT2D eigenvalue weighted by Gasteiger charge is -2.26. The maximum absolute atomic E-state index is 14.6. The van der Waals surface area contributed by atoms with Gasteiger partial charge in [-0.2, -0.15) is 9.97 Å². The van der Waals surface area contributed by atoms with Crippen molar-refractivity contribution in [3.8, 4) is 62.1 Å². The molecule has 2 aliphatic carbocycles. The lowest BCUT2D eigenvalue weighted by atomic mass is 9.78. The number of fused-ring (bicyclic) bond motifs is 12. The standard InChI is InChI=1S/C62H49N5O2/c1-60(2,3)69-59(68)66-51-31-30-38(32-43(51)44-33-42-39-24-14-17-27-47(39)61(4,5)49(42)35-52(44)66)53-54-45(40-25-15-18-28-48(40)62(54,6)7)34-46-41-26-16-19-29-50(41)67(55(46)53)58-64-56(36-20-10-8-11-21-36)63-57(65-58)37-22-12-9-13-23-37/h8-35H,1-7H3. The summed E-state index contributed by atoms with van der Waals surface area (Å²) in [6.45, 7) is 15.0. The molecule has 0 bridgehead atoms. The molecule has 13 rings (SSSR count). The average molecular weight is 896 g/mol. The molecule has 0 spiro atoms. The quantitative estimate of drug-likeness (QED) is 0.176. The second kappa shape index (κ2) is 14.4. The normalized spacial score (nSPS) is 14.3. The van der Waals surface area contributed by atoms with Crippen LogP contribution in [0.5, 0.6) is 0 Å². The van der Waals surface area contributed by atoms with Crippen LogP contribution in [0.25, 0.3) is 106 Å². The number of hydrogen-bond donors (Lipinski definition) is 0. The molecule has 3 heterocycles. The summed E-state index contributed by atoms with van der Waals surface area (Å²) in [5, 5.41) is 4.16. The fraction of sp³-hybridized carbons (Fsp3) is 0.161. The van der Waals surface area contributed by atoms with Crippen LogP contribution < -0.4 is 0 Å². The van der Waals surface area contributed by atoms with E-state index in [0.29, 0.717) is 17.6 Å². The Morgan fingerprint density at radius 1 is 0.478 bits per heavy atom.